The summed E-state index contributed by atoms with van der Waals surface area (Å²) in [7, 11) is 3.19. The first-order chi connectivity index (χ1) is 10.1. The third-order valence-corrected chi connectivity index (χ3v) is 3.00. The molecule has 0 amide bonds. The zero-order valence-corrected chi connectivity index (χ0v) is 12.0. The fourth-order valence-corrected chi connectivity index (χ4v) is 1.87. The van der Waals surface area contributed by atoms with Crippen molar-refractivity contribution in [2.24, 2.45) is 10.7 Å². The van der Waals surface area contributed by atoms with Crippen LogP contribution < -0.4 is 16.4 Å². The van der Waals surface area contributed by atoms with Crippen LogP contribution in [-0.2, 0) is 9.53 Å². The van der Waals surface area contributed by atoms with Crippen LogP contribution in [0, 0.1) is 0 Å². The first-order valence-electron chi connectivity index (χ1n) is 6.48. The molecule has 6 nitrogen and oxygen atoms in total. The van der Waals surface area contributed by atoms with Crippen molar-refractivity contribution in [3.8, 4) is 0 Å². The minimum Gasteiger partial charge on any atom is -0.466 e. The number of nitrogens with zero attached hydrogens (tertiary/aromatic N) is 1. The van der Waals surface area contributed by atoms with Crippen LogP contribution in [0.3, 0.4) is 0 Å². The largest absolute Gasteiger partial charge is 0.466 e. The average Bonchev–Trinajstić information content (AvgIpc) is 2.52. The number of hydrogen-bond acceptors (Lipinski definition) is 6. The number of hydrogen-bond donors (Lipinski definition) is 3. The Kier molecular flexibility index (Phi) is 4.73. The van der Waals surface area contributed by atoms with Crippen molar-refractivity contribution < 1.29 is 9.53 Å². The van der Waals surface area contributed by atoms with E-state index in [1.807, 2.05) is 37.4 Å². The molecule has 6 heteroatoms. The van der Waals surface area contributed by atoms with E-state index in [9.17, 15) is 4.79 Å². The van der Waals surface area contributed by atoms with Gasteiger partial charge in [0.15, 0.2) is 5.96 Å². The van der Waals surface area contributed by atoms with Crippen LogP contribution in [0.15, 0.2) is 41.4 Å². The summed E-state index contributed by atoms with van der Waals surface area (Å²) in [5.41, 5.74) is 8.41. The van der Waals surface area contributed by atoms with E-state index < -0.39 is 0 Å². The fourth-order valence-electron chi connectivity index (χ4n) is 1.87. The van der Waals surface area contributed by atoms with Crippen LogP contribution >= 0.6 is 0 Å². The molecule has 0 saturated carbocycles. The number of likely N-dealkylation sites (N-methyl/N-ethyl adjacent to an activating group) is 1. The van der Waals surface area contributed by atoms with Crippen molar-refractivity contribution >= 4 is 23.7 Å². The summed E-state index contributed by atoms with van der Waals surface area (Å²) in [4.78, 5) is 15.3. The van der Waals surface area contributed by atoms with E-state index in [0.29, 0.717) is 5.96 Å². The van der Waals surface area contributed by atoms with E-state index in [0.717, 1.165) is 16.8 Å². The molecule has 1 aliphatic rings. The maximum Gasteiger partial charge on any atom is 0.330 e. The lowest BCUT2D eigenvalue weighted by molar-refractivity contribution is -0.134. The monoisotopic (exact) mass is 286 g/mol. The molecule has 1 aromatic rings. The van der Waals surface area contributed by atoms with Gasteiger partial charge in [0.2, 0.25) is 0 Å². The van der Waals surface area contributed by atoms with E-state index in [1.54, 1.807) is 6.08 Å². The van der Waals surface area contributed by atoms with Crippen molar-refractivity contribution in [1.82, 2.24) is 10.6 Å². The van der Waals surface area contributed by atoms with Gasteiger partial charge in [-0.2, -0.15) is 0 Å². The molecule has 1 atom stereocenters. The second-order valence-electron chi connectivity index (χ2n) is 4.44. The molecule has 0 spiro atoms. The van der Waals surface area contributed by atoms with Gasteiger partial charge in [-0.25, -0.2) is 9.79 Å². The van der Waals surface area contributed by atoms with Gasteiger partial charge in [0, 0.05) is 11.6 Å². The van der Waals surface area contributed by atoms with E-state index >= 15 is 0 Å². The molecular formula is C15H18N4O2. The smallest absolute Gasteiger partial charge is 0.330 e. The molecule has 4 N–H and O–H groups in total. The Labute approximate surface area is 123 Å². The highest BCUT2D eigenvalue weighted by Gasteiger charge is 2.12. The lowest BCUT2D eigenvalue weighted by atomic mass is 10.1. The number of methoxy groups -OCH3 is 1. The number of aliphatic imine (C=N–C) groups is 1. The standard InChI is InChI=1S/C15H18N4O2/c1-17-13-9-12(18-15(16)19-13)11-6-3-10(4-7-11)5-8-14(20)21-2/h3-9,13,17H,1-2H3,(H3,16,18,19)/b8-5+. The molecule has 0 aromatic heterocycles. The van der Waals surface area contributed by atoms with Gasteiger partial charge in [-0.1, -0.05) is 24.3 Å². The van der Waals surface area contributed by atoms with Crippen molar-refractivity contribution in [3.05, 3.63) is 47.5 Å². The van der Waals surface area contributed by atoms with Gasteiger partial charge >= 0.3 is 5.97 Å². The molecule has 1 aromatic carbocycles. The molecular weight excluding hydrogens is 268 g/mol. The summed E-state index contributed by atoms with van der Waals surface area (Å²) < 4.78 is 4.55. The van der Waals surface area contributed by atoms with Gasteiger partial charge in [0.1, 0.15) is 6.17 Å². The van der Waals surface area contributed by atoms with E-state index in [-0.39, 0.29) is 12.1 Å². The van der Waals surface area contributed by atoms with E-state index in [4.69, 9.17) is 5.73 Å². The van der Waals surface area contributed by atoms with Crippen LogP contribution in [0.25, 0.3) is 11.8 Å². The minimum absolute atomic E-state index is 0.0450. The van der Waals surface area contributed by atoms with Crippen molar-refractivity contribution in [3.63, 3.8) is 0 Å². The first-order valence-corrected chi connectivity index (χ1v) is 6.48. The van der Waals surface area contributed by atoms with Crippen LogP contribution in [0.1, 0.15) is 11.1 Å². The summed E-state index contributed by atoms with van der Waals surface area (Å²) in [5, 5.41) is 6.07. The molecule has 0 fully saturated rings. The number of guanidine groups is 1. The predicted octanol–water partition coefficient (Wildman–Crippen LogP) is 0.677. The normalized spacial score (nSPS) is 17.9. The summed E-state index contributed by atoms with van der Waals surface area (Å²) in [6, 6.07) is 7.66. The van der Waals surface area contributed by atoms with E-state index in [1.165, 1.54) is 13.2 Å². The molecule has 1 unspecified atom stereocenters. The molecule has 0 aliphatic carbocycles. The Morgan fingerprint density at radius 1 is 1.43 bits per heavy atom. The molecule has 2 rings (SSSR count). The van der Waals surface area contributed by atoms with Crippen LogP contribution in [0.4, 0.5) is 0 Å². The van der Waals surface area contributed by atoms with Gasteiger partial charge in [-0.05, 0) is 24.8 Å². The maximum absolute atomic E-state index is 11.0. The number of esters is 1. The fraction of sp³-hybridized carbons (Fsp3) is 0.200. The second-order valence-corrected chi connectivity index (χ2v) is 4.44. The molecule has 0 saturated heterocycles. The van der Waals surface area contributed by atoms with Crippen molar-refractivity contribution in [2.75, 3.05) is 14.2 Å². The zero-order valence-electron chi connectivity index (χ0n) is 12.0. The van der Waals surface area contributed by atoms with Gasteiger partial charge in [0.25, 0.3) is 0 Å². The van der Waals surface area contributed by atoms with Crippen LogP contribution in [-0.4, -0.2) is 32.3 Å². The summed E-state index contributed by atoms with van der Waals surface area (Å²) in [6.45, 7) is 0. The topological polar surface area (TPSA) is 88.7 Å². The highest BCUT2D eigenvalue weighted by atomic mass is 16.5. The lowest BCUT2D eigenvalue weighted by Gasteiger charge is -2.20. The van der Waals surface area contributed by atoms with Crippen LogP contribution in [0.2, 0.25) is 0 Å². The maximum atomic E-state index is 11.0. The molecule has 0 bridgehead atoms. The number of ether oxygens (including phenoxy) is 1. The molecule has 1 aliphatic heterocycles. The Morgan fingerprint density at radius 3 is 2.76 bits per heavy atom. The van der Waals surface area contributed by atoms with Crippen molar-refractivity contribution in [1.29, 1.82) is 0 Å². The molecule has 1 heterocycles. The molecule has 0 radical (unpaired) electrons. The van der Waals surface area contributed by atoms with Crippen LogP contribution in [0.5, 0.6) is 0 Å². The lowest BCUT2D eigenvalue weighted by Crippen LogP contribution is -2.47. The zero-order chi connectivity index (χ0) is 15.2. The van der Waals surface area contributed by atoms with Gasteiger partial charge in [-0.15, -0.1) is 0 Å². The van der Waals surface area contributed by atoms with E-state index in [2.05, 4.69) is 20.4 Å². The van der Waals surface area contributed by atoms with Crippen molar-refractivity contribution in [2.45, 2.75) is 6.17 Å². The molecule has 110 valence electrons. The number of nitrogens with two attached hydrogens (primary N) is 1. The summed E-state index contributed by atoms with van der Waals surface area (Å²) in [6.07, 6.45) is 4.98. The average molecular weight is 286 g/mol. The number of benzene rings is 1. The predicted molar refractivity (Wildman–Crippen MR) is 83.1 cm³/mol. The quantitative estimate of drug-likeness (QED) is 0.559. The first kappa shape index (κ1) is 14.8. The van der Waals surface area contributed by atoms with Gasteiger partial charge in [0.05, 0.1) is 12.8 Å². The van der Waals surface area contributed by atoms with Gasteiger partial charge in [-0.3, -0.25) is 5.32 Å². The summed E-state index contributed by atoms with van der Waals surface area (Å²) >= 11 is 0. The van der Waals surface area contributed by atoms with Gasteiger partial charge < -0.3 is 15.8 Å². The Morgan fingerprint density at radius 2 is 2.14 bits per heavy atom. The number of carbonyl (C=O) groups excluding carboxylic acids is 1. The number of carbonyl (C=O) groups is 1. The third kappa shape index (κ3) is 3.93. The Hall–Kier alpha value is -2.60. The highest BCUT2D eigenvalue weighted by molar-refractivity contribution is 5.88. The second kappa shape index (κ2) is 6.71. The highest BCUT2D eigenvalue weighted by Crippen LogP contribution is 2.19. The SMILES string of the molecule is CNC1C=C(c2ccc(/C=C/C(=O)OC)cc2)N=C(N)N1. The third-order valence-electron chi connectivity index (χ3n) is 3.00. The summed E-state index contributed by atoms with van der Waals surface area (Å²) in [5.74, 6) is -0.00381. The number of rotatable bonds is 4. The Balaban J connectivity index is 2.17. The minimum atomic E-state index is -0.380. The number of nitrogens with one attached hydrogen (secondary N) is 2. The molecule has 21 heavy (non-hydrogen) atoms. The Bertz CT molecular complexity index is 603.